The van der Waals surface area contributed by atoms with E-state index in [1.54, 1.807) is 0 Å². The maximum atomic E-state index is 13.2. The standard InChI is InChI=1S/C34H56O55S9/c1-68-12-8(5-72-90(41,42)43)76-33(26(17(12)69-2)88-97(62,63)64)81-19-18(70-3)25(71-4)32(83-23(19)29(38)39)79-14-10(7-74-92(47,48)49)77-34(27(89-98(65,66)67)21(14)86-95(56,57)58)80-15-11(35)16(84-93(50,51)52)31(82-22(15)28(36)37)78-13-9(6-73-91(44,45)46)75-30(40)24(87-96(59,60)61)20(13)85-94(53,54)55/h8-27,30-35,40H,5-7H2,1-4H3,(H,36,37)(H,38,39)(H,41,42,43)(H,44,45,46)(H,47,48,49)(H,50,51,52)(H,53,54,55)(H,56,57,58)(H,59,60,61)(H,62,63,64)(H,65,66,67)/t8-,9-,10-,11+,12-,13-,14-,15+,16-,17?,18+,19+,20+,21+,22-,23+,24-,25-,26-,27-,30?,31-,32-,33-,34-/m1/s1. The minimum absolute atomic E-state index is 0.676. The van der Waals surface area contributed by atoms with Crippen LogP contribution in [0.3, 0.4) is 0 Å². The van der Waals surface area contributed by atoms with Gasteiger partial charge in [-0.1, -0.05) is 0 Å². The predicted octanol–water partition coefficient (Wildman–Crippen LogP) is -10.7. The third kappa shape index (κ3) is 25.2. The van der Waals surface area contributed by atoms with Crippen molar-refractivity contribution in [2.75, 3.05) is 48.3 Å². The van der Waals surface area contributed by atoms with Gasteiger partial charge in [-0.05, 0) is 0 Å². The van der Waals surface area contributed by atoms with Crippen LogP contribution in [-0.4, -0.2) is 351 Å². The molecule has 5 heterocycles. The number of methoxy groups -OCH3 is 4. The highest BCUT2D eigenvalue weighted by Crippen LogP contribution is 2.41. The fourth-order valence-corrected chi connectivity index (χ4v) is 13.6. The molecule has 0 bridgehead atoms. The fourth-order valence-electron chi connectivity index (χ4n) is 9.78. The van der Waals surface area contributed by atoms with Crippen LogP contribution in [0.4, 0.5) is 0 Å². The Kier molecular flexibility index (Phi) is 29.0. The summed E-state index contributed by atoms with van der Waals surface area (Å²) in [7, 11) is -51.0. The number of aliphatic hydroxyl groups is 2. The number of carboxylic acid groups (broad SMARTS) is 2. The summed E-state index contributed by atoms with van der Waals surface area (Å²) in [6.45, 7) is -5.14. The highest BCUT2D eigenvalue weighted by atomic mass is 32.3. The van der Waals surface area contributed by atoms with Crippen molar-refractivity contribution in [1.29, 1.82) is 0 Å². The van der Waals surface area contributed by atoms with Crippen LogP contribution in [0.25, 0.3) is 0 Å². The Morgan fingerprint density at radius 2 is 0.561 bits per heavy atom. The quantitative estimate of drug-likeness (QED) is 0.0262. The molecule has 0 radical (unpaired) electrons. The maximum absolute atomic E-state index is 13.2. The Bertz CT molecular complexity index is 3810. The second-order valence-electron chi connectivity index (χ2n) is 19.4. The molecule has 0 spiro atoms. The van der Waals surface area contributed by atoms with E-state index in [1.165, 1.54) is 0 Å². The third-order valence-electron chi connectivity index (χ3n) is 13.1. The van der Waals surface area contributed by atoms with Crippen LogP contribution in [0, 0.1) is 0 Å². The van der Waals surface area contributed by atoms with Gasteiger partial charge in [-0.3, -0.25) is 41.0 Å². The zero-order chi connectivity index (χ0) is 74.8. The molecule has 576 valence electrons. The van der Waals surface area contributed by atoms with Crippen LogP contribution in [-0.2, 0) is 202 Å². The average Bonchev–Trinajstić information content (AvgIpc) is 0.761. The van der Waals surface area contributed by atoms with Crippen molar-refractivity contribution >= 4 is 106 Å². The second kappa shape index (κ2) is 33.1. The average molecular weight is 1630 g/mol. The molecule has 64 heteroatoms. The first-order valence-corrected chi connectivity index (χ1v) is 37.4. The monoisotopic (exact) mass is 1630 g/mol. The summed E-state index contributed by atoms with van der Waals surface area (Å²) >= 11 is 0. The number of aliphatic hydroxyl groups excluding tert-OH is 2. The van der Waals surface area contributed by atoms with Gasteiger partial charge in [-0.15, -0.1) is 0 Å². The Hall–Kier alpha value is -2.83. The normalized spacial score (nSPS) is 36.9. The van der Waals surface area contributed by atoms with E-state index in [-0.39, 0.29) is 0 Å². The molecule has 0 amide bonds. The lowest BCUT2D eigenvalue weighted by Crippen LogP contribution is -2.70. The molecule has 98 heavy (non-hydrogen) atoms. The van der Waals surface area contributed by atoms with Gasteiger partial charge in [0.15, 0.2) is 68.1 Å². The number of carboxylic acids is 2. The number of hydrogen-bond acceptors (Lipinski definition) is 44. The molecule has 5 saturated heterocycles. The summed E-state index contributed by atoms with van der Waals surface area (Å²) in [4.78, 5) is 26.4. The van der Waals surface area contributed by atoms with Crippen LogP contribution in [0.1, 0.15) is 0 Å². The Morgan fingerprint density at radius 3 is 0.918 bits per heavy atom. The molecule has 0 aliphatic carbocycles. The molecule has 5 fully saturated rings. The summed E-state index contributed by atoms with van der Waals surface area (Å²) in [6.07, 6.45) is -71.7. The Labute approximate surface area is 550 Å². The number of rotatable bonds is 35. The number of ether oxygens (including phenoxy) is 13. The van der Waals surface area contributed by atoms with E-state index in [9.17, 15) is 147 Å². The summed E-state index contributed by atoms with van der Waals surface area (Å²) in [5, 5.41) is 43.6. The summed E-state index contributed by atoms with van der Waals surface area (Å²) in [6, 6.07) is 0. The molecule has 0 saturated carbocycles. The Morgan fingerprint density at radius 1 is 0.296 bits per heavy atom. The first kappa shape index (κ1) is 85.8. The van der Waals surface area contributed by atoms with Crippen molar-refractivity contribution in [2.45, 2.75) is 154 Å². The van der Waals surface area contributed by atoms with Crippen molar-refractivity contribution in [2.24, 2.45) is 0 Å². The molecule has 5 aliphatic heterocycles. The maximum Gasteiger partial charge on any atom is 0.397 e. The smallest absolute Gasteiger partial charge is 0.397 e. The van der Waals surface area contributed by atoms with Gasteiger partial charge < -0.3 is 82.0 Å². The molecule has 2 unspecified atom stereocenters. The van der Waals surface area contributed by atoms with E-state index in [2.05, 4.69) is 37.6 Å². The van der Waals surface area contributed by atoms with Crippen LogP contribution in [0.15, 0.2) is 0 Å². The topological polar surface area (TPSA) is 807 Å². The van der Waals surface area contributed by atoms with Gasteiger partial charge in [-0.25, -0.2) is 47.2 Å². The number of hydrogen-bond donors (Lipinski definition) is 13. The molecule has 0 aromatic carbocycles. The van der Waals surface area contributed by atoms with Gasteiger partial charge in [0.05, 0.1) is 19.8 Å². The highest BCUT2D eigenvalue weighted by molar-refractivity contribution is 7.82. The minimum Gasteiger partial charge on any atom is -0.479 e. The molecule has 55 nitrogen and oxygen atoms in total. The summed E-state index contributed by atoms with van der Waals surface area (Å²) < 4.78 is 415. The van der Waals surface area contributed by atoms with Crippen molar-refractivity contribution in [3.8, 4) is 0 Å². The zero-order valence-electron chi connectivity index (χ0n) is 48.2. The molecule has 5 rings (SSSR count). The molecule has 5 aliphatic rings. The van der Waals surface area contributed by atoms with Crippen molar-refractivity contribution in [3.63, 3.8) is 0 Å². The van der Waals surface area contributed by atoms with Gasteiger partial charge in [0.1, 0.15) is 85.5 Å². The second-order valence-corrected chi connectivity index (χ2v) is 29.0. The lowest BCUT2D eigenvalue weighted by atomic mass is 9.95. The third-order valence-corrected chi connectivity index (χ3v) is 17.2. The van der Waals surface area contributed by atoms with E-state index in [0.717, 1.165) is 14.2 Å². The van der Waals surface area contributed by atoms with E-state index < -0.39 is 279 Å². The lowest BCUT2D eigenvalue weighted by molar-refractivity contribution is -0.384. The fraction of sp³-hybridized carbons (Fsp3) is 0.941. The van der Waals surface area contributed by atoms with Crippen molar-refractivity contribution in [3.05, 3.63) is 0 Å². The van der Waals surface area contributed by atoms with Gasteiger partial charge in [-0.2, -0.15) is 75.8 Å². The zero-order valence-corrected chi connectivity index (χ0v) is 55.5. The minimum atomic E-state index is -6.42. The largest absolute Gasteiger partial charge is 0.479 e. The van der Waals surface area contributed by atoms with Gasteiger partial charge >= 0.3 is 106 Å². The van der Waals surface area contributed by atoms with Gasteiger partial charge in [0.2, 0.25) is 0 Å². The predicted molar refractivity (Wildman–Crippen MR) is 281 cm³/mol. The molecule has 0 aromatic rings. The summed E-state index contributed by atoms with van der Waals surface area (Å²) in [5.41, 5.74) is 0. The van der Waals surface area contributed by atoms with Crippen LogP contribution >= 0.6 is 0 Å². The highest BCUT2D eigenvalue weighted by Gasteiger charge is 2.63. The van der Waals surface area contributed by atoms with Gasteiger partial charge in [0.25, 0.3) is 0 Å². The van der Waals surface area contributed by atoms with E-state index in [0.29, 0.717) is 14.2 Å². The number of aliphatic carboxylic acids is 2. The van der Waals surface area contributed by atoms with Crippen molar-refractivity contribution < 1.29 is 246 Å². The SMILES string of the molecule is COC1[C@@H](OS(=O)(=O)O)[C@@H](O[C@H]2[C@H](OC)[C@@H](OC)[C@H](O[C@H]3[C@H](OS(=O)(=O)O)[C@@H](OS(=O)(=O)O)[C@@H](O[C@H]4[C@H](O)[C@@H](OS(=O)(=O)O)[C@H](O[C@H]5[C@H](OS(=O)(=O)O)[C@@H](OS(=O)(=O)O)C(O)O[C@@H]5COS(=O)(=O)O)O[C@H]4C(=O)O)O[C@@H]3COS(=O)(=O)O)O[C@@H]2C(=O)O)O[C@H](COS(=O)(=O)O)[C@H]1OC. The van der Waals surface area contributed by atoms with Crippen LogP contribution in [0.2, 0.25) is 0 Å². The van der Waals surface area contributed by atoms with Crippen LogP contribution in [0.5, 0.6) is 0 Å². The molecule has 13 N–H and O–H groups in total. The van der Waals surface area contributed by atoms with Gasteiger partial charge in [0, 0.05) is 28.4 Å². The van der Waals surface area contributed by atoms with E-state index in [1.807, 2.05) is 0 Å². The van der Waals surface area contributed by atoms with E-state index in [4.69, 9.17) is 61.6 Å². The molecule has 0 aromatic heterocycles. The molecule has 25 atom stereocenters. The number of carbonyl (C=O) groups is 2. The van der Waals surface area contributed by atoms with Crippen molar-refractivity contribution in [1.82, 2.24) is 0 Å². The Balaban J connectivity index is 1.67. The molecular weight excluding hydrogens is 1580 g/mol. The molecular formula is C34H56O55S9. The summed E-state index contributed by atoms with van der Waals surface area (Å²) in [5.74, 6) is -4.88. The first-order valence-electron chi connectivity index (χ1n) is 25.1. The van der Waals surface area contributed by atoms with Crippen LogP contribution < -0.4 is 0 Å². The lowest BCUT2D eigenvalue weighted by Gasteiger charge is -2.50. The first-order chi connectivity index (χ1) is 44.5. The van der Waals surface area contributed by atoms with E-state index >= 15 is 0 Å².